The molecule has 1 heterocycles. The Kier molecular flexibility index (Phi) is 6.90. The van der Waals surface area contributed by atoms with Crippen LogP contribution in [0.1, 0.15) is 16.5 Å². The smallest absolute Gasteiger partial charge is 0.224 e. The molecule has 130 valence electrons. The van der Waals surface area contributed by atoms with E-state index >= 15 is 0 Å². The number of nitrogens with one attached hydrogen (secondary N) is 1. The number of halogens is 1. The molecule has 1 aromatic carbocycles. The Hall–Kier alpha value is -1.76. The SMILES string of the molecule is COc1ccc(CC(=O)NCC(OC)c2ccc(Cl)s2)cc1OC. The molecule has 0 aliphatic heterocycles. The van der Waals surface area contributed by atoms with Gasteiger partial charge in [-0.2, -0.15) is 0 Å². The second-order valence-corrected chi connectivity index (χ2v) is 6.78. The van der Waals surface area contributed by atoms with E-state index in [9.17, 15) is 4.79 Å². The van der Waals surface area contributed by atoms with E-state index in [1.165, 1.54) is 11.3 Å². The number of methoxy groups -OCH3 is 3. The Morgan fingerprint density at radius 1 is 1.17 bits per heavy atom. The van der Waals surface area contributed by atoms with E-state index < -0.39 is 0 Å². The molecule has 7 heteroatoms. The number of hydrogen-bond acceptors (Lipinski definition) is 5. The first kappa shape index (κ1) is 18.6. The molecule has 0 bridgehead atoms. The monoisotopic (exact) mass is 369 g/mol. The molecule has 0 saturated carbocycles. The molecule has 0 aliphatic carbocycles. The first-order valence-corrected chi connectivity index (χ1v) is 8.52. The Bertz CT molecular complexity index is 689. The summed E-state index contributed by atoms with van der Waals surface area (Å²) in [7, 11) is 4.75. The van der Waals surface area contributed by atoms with Crippen molar-refractivity contribution >= 4 is 28.8 Å². The molecular formula is C17H20ClNO4S. The Morgan fingerprint density at radius 2 is 1.92 bits per heavy atom. The van der Waals surface area contributed by atoms with Gasteiger partial charge in [0.15, 0.2) is 11.5 Å². The van der Waals surface area contributed by atoms with Crippen molar-refractivity contribution in [2.45, 2.75) is 12.5 Å². The molecule has 1 N–H and O–H groups in total. The zero-order chi connectivity index (χ0) is 17.5. The first-order valence-electron chi connectivity index (χ1n) is 7.33. The highest BCUT2D eigenvalue weighted by Gasteiger charge is 2.15. The minimum absolute atomic E-state index is 0.0908. The average Bonchev–Trinajstić information content (AvgIpc) is 3.01. The first-order chi connectivity index (χ1) is 11.6. The second-order valence-electron chi connectivity index (χ2n) is 5.04. The lowest BCUT2D eigenvalue weighted by molar-refractivity contribution is -0.121. The molecule has 0 fully saturated rings. The van der Waals surface area contributed by atoms with Crippen molar-refractivity contribution in [3.8, 4) is 11.5 Å². The summed E-state index contributed by atoms with van der Waals surface area (Å²) in [4.78, 5) is 13.1. The number of thiophene rings is 1. The quantitative estimate of drug-likeness (QED) is 0.774. The number of benzene rings is 1. The fourth-order valence-corrected chi connectivity index (χ4v) is 3.39. The summed E-state index contributed by atoms with van der Waals surface area (Å²) in [5.74, 6) is 1.15. The van der Waals surface area contributed by atoms with Gasteiger partial charge in [-0.1, -0.05) is 17.7 Å². The van der Waals surface area contributed by atoms with Gasteiger partial charge in [-0.3, -0.25) is 4.79 Å². The average molecular weight is 370 g/mol. The van der Waals surface area contributed by atoms with E-state index in [4.69, 9.17) is 25.8 Å². The number of amides is 1. The maximum Gasteiger partial charge on any atom is 0.224 e. The highest BCUT2D eigenvalue weighted by Crippen LogP contribution is 2.29. The van der Waals surface area contributed by atoms with Crippen molar-refractivity contribution in [2.75, 3.05) is 27.9 Å². The number of carbonyl (C=O) groups is 1. The van der Waals surface area contributed by atoms with E-state index in [0.717, 1.165) is 10.4 Å². The van der Waals surface area contributed by atoms with Gasteiger partial charge in [0.05, 0.1) is 25.0 Å². The molecule has 1 atom stereocenters. The molecule has 1 amide bonds. The van der Waals surface area contributed by atoms with Crippen LogP contribution in [0.25, 0.3) is 0 Å². The molecular weight excluding hydrogens is 350 g/mol. The van der Waals surface area contributed by atoms with Crippen molar-refractivity contribution in [3.63, 3.8) is 0 Å². The van der Waals surface area contributed by atoms with Crippen LogP contribution in [0.5, 0.6) is 11.5 Å². The lowest BCUT2D eigenvalue weighted by Gasteiger charge is -2.15. The normalized spacial score (nSPS) is 11.8. The maximum atomic E-state index is 12.2. The third-order valence-electron chi connectivity index (χ3n) is 3.49. The molecule has 1 unspecified atom stereocenters. The third-order valence-corrected chi connectivity index (χ3v) is 4.82. The van der Waals surface area contributed by atoms with Crippen LogP contribution < -0.4 is 14.8 Å². The summed E-state index contributed by atoms with van der Waals surface area (Å²) < 4.78 is 16.6. The molecule has 2 aromatic rings. The molecule has 0 aliphatic rings. The number of hydrogen-bond donors (Lipinski definition) is 1. The Labute approximate surface area is 150 Å². The highest BCUT2D eigenvalue weighted by molar-refractivity contribution is 7.16. The van der Waals surface area contributed by atoms with Gasteiger partial charge in [0.25, 0.3) is 0 Å². The maximum absolute atomic E-state index is 12.2. The molecule has 0 spiro atoms. The molecule has 2 rings (SSSR count). The fraction of sp³-hybridized carbons (Fsp3) is 0.353. The van der Waals surface area contributed by atoms with E-state index in [2.05, 4.69) is 5.32 Å². The summed E-state index contributed by atoms with van der Waals surface area (Å²) in [5.41, 5.74) is 0.846. The van der Waals surface area contributed by atoms with Crippen molar-refractivity contribution in [1.29, 1.82) is 0 Å². The zero-order valence-corrected chi connectivity index (χ0v) is 15.4. The van der Waals surface area contributed by atoms with Crippen molar-refractivity contribution in [3.05, 3.63) is 45.1 Å². The molecule has 5 nitrogen and oxygen atoms in total. The number of ether oxygens (including phenoxy) is 3. The van der Waals surface area contributed by atoms with Gasteiger partial charge < -0.3 is 19.5 Å². The van der Waals surface area contributed by atoms with Crippen LogP contribution in [0.4, 0.5) is 0 Å². The standard InChI is InChI=1S/C17H20ClNO4S/c1-21-12-5-4-11(8-13(12)22-2)9-17(20)19-10-14(23-3)15-6-7-16(18)24-15/h4-8,14H,9-10H2,1-3H3,(H,19,20). The predicted octanol–water partition coefficient (Wildman–Crippen LogP) is 3.47. The molecule has 0 saturated heterocycles. The van der Waals surface area contributed by atoms with Gasteiger partial charge in [0.1, 0.15) is 6.10 Å². The van der Waals surface area contributed by atoms with Gasteiger partial charge in [0, 0.05) is 18.5 Å². The van der Waals surface area contributed by atoms with Gasteiger partial charge in [-0.05, 0) is 29.8 Å². The number of rotatable bonds is 8. The van der Waals surface area contributed by atoms with E-state index in [0.29, 0.717) is 22.4 Å². The van der Waals surface area contributed by atoms with Gasteiger partial charge in [-0.15, -0.1) is 11.3 Å². The molecule has 1 aromatic heterocycles. The van der Waals surface area contributed by atoms with E-state index in [-0.39, 0.29) is 18.4 Å². The summed E-state index contributed by atoms with van der Waals surface area (Å²) in [6, 6.07) is 9.15. The minimum Gasteiger partial charge on any atom is -0.493 e. The van der Waals surface area contributed by atoms with Crippen molar-refractivity contribution in [2.24, 2.45) is 0 Å². The highest BCUT2D eigenvalue weighted by atomic mass is 35.5. The van der Waals surface area contributed by atoms with Crippen LogP contribution in [-0.4, -0.2) is 33.8 Å². The van der Waals surface area contributed by atoms with Gasteiger partial charge in [-0.25, -0.2) is 0 Å². The van der Waals surface area contributed by atoms with Crippen molar-refractivity contribution < 1.29 is 19.0 Å². The van der Waals surface area contributed by atoms with Crippen LogP contribution in [0, 0.1) is 0 Å². The predicted molar refractivity (Wildman–Crippen MR) is 95.3 cm³/mol. The van der Waals surface area contributed by atoms with E-state index in [1.807, 2.05) is 18.2 Å². The van der Waals surface area contributed by atoms with Gasteiger partial charge >= 0.3 is 0 Å². The van der Waals surface area contributed by atoms with Crippen molar-refractivity contribution in [1.82, 2.24) is 5.32 Å². The van der Waals surface area contributed by atoms with Crippen LogP contribution >= 0.6 is 22.9 Å². The van der Waals surface area contributed by atoms with Gasteiger partial charge in [0.2, 0.25) is 5.91 Å². The lowest BCUT2D eigenvalue weighted by atomic mass is 10.1. The van der Waals surface area contributed by atoms with Crippen LogP contribution in [0.2, 0.25) is 4.34 Å². The summed E-state index contributed by atoms with van der Waals surface area (Å²) in [5, 5.41) is 2.88. The Morgan fingerprint density at radius 3 is 2.50 bits per heavy atom. The van der Waals surface area contributed by atoms with Crippen LogP contribution in [-0.2, 0) is 16.0 Å². The molecule has 0 radical (unpaired) electrons. The van der Waals surface area contributed by atoms with E-state index in [1.54, 1.807) is 33.5 Å². The number of carbonyl (C=O) groups excluding carboxylic acids is 1. The lowest BCUT2D eigenvalue weighted by Crippen LogP contribution is -2.30. The molecule has 24 heavy (non-hydrogen) atoms. The second kappa shape index (κ2) is 8.92. The zero-order valence-electron chi connectivity index (χ0n) is 13.8. The summed E-state index contributed by atoms with van der Waals surface area (Å²) in [6.07, 6.45) is 0.0407. The minimum atomic E-state index is -0.211. The Balaban J connectivity index is 1.93. The summed E-state index contributed by atoms with van der Waals surface area (Å²) in [6.45, 7) is 0.388. The topological polar surface area (TPSA) is 56.8 Å². The van der Waals surface area contributed by atoms with Crippen LogP contribution in [0.15, 0.2) is 30.3 Å². The van der Waals surface area contributed by atoms with Crippen LogP contribution in [0.3, 0.4) is 0 Å². The third kappa shape index (κ3) is 4.87. The largest absolute Gasteiger partial charge is 0.493 e. The summed E-state index contributed by atoms with van der Waals surface area (Å²) >= 11 is 7.38. The fourth-order valence-electron chi connectivity index (χ4n) is 2.25.